The van der Waals surface area contributed by atoms with E-state index in [0.29, 0.717) is 21.3 Å². The summed E-state index contributed by atoms with van der Waals surface area (Å²) in [7, 11) is 1.60. The number of nitrogens with one attached hydrogen (secondary N) is 2. The minimum atomic E-state index is -0.480. The second-order valence-electron chi connectivity index (χ2n) is 5.77. The molecule has 2 aromatic heterocycles. The van der Waals surface area contributed by atoms with Crippen LogP contribution >= 0.6 is 15.9 Å². The first kappa shape index (κ1) is 19.1. The first-order valence-corrected chi connectivity index (χ1v) is 8.81. The van der Waals surface area contributed by atoms with Gasteiger partial charge in [0.25, 0.3) is 11.4 Å². The van der Waals surface area contributed by atoms with Crippen molar-refractivity contribution in [1.29, 1.82) is 0 Å². The van der Waals surface area contributed by atoms with E-state index in [1.807, 2.05) is 0 Å². The van der Waals surface area contributed by atoms with Gasteiger partial charge in [-0.3, -0.25) is 4.79 Å². The molecule has 0 unspecified atom stereocenters. The van der Waals surface area contributed by atoms with E-state index in [0.717, 1.165) is 0 Å². The van der Waals surface area contributed by atoms with Crippen molar-refractivity contribution < 1.29 is 13.9 Å². The minimum Gasteiger partial charge on any atom is -0.403 e. The lowest BCUT2D eigenvalue weighted by molar-refractivity contribution is 0.309. The van der Waals surface area contributed by atoms with E-state index in [1.165, 1.54) is 16.8 Å². The molecule has 3 aromatic rings. The molecule has 3 N–H and O–H groups in total. The summed E-state index contributed by atoms with van der Waals surface area (Å²) in [5.41, 5.74) is 1.16. The van der Waals surface area contributed by atoms with E-state index in [4.69, 9.17) is 9.52 Å². The Morgan fingerprint density at radius 3 is 2.85 bits per heavy atom. The largest absolute Gasteiger partial charge is 0.403 e. The van der Waals surface area contributed by atoms with Gasteiger partial charge in [-0.1, -0.05) is 21.0 Å². The predicted octanol–water partition coefficient (Wildman–Crippen LogP) is 2.79. The molecule has 0 aliphatic heterocycles. The molecule has 0 aliphatic carbocycles. The van der Waals surface area contributed by atoms with Gasteiger partial charge in [0.1, 0.15) is 5.82 Å². The van der Waals surface area contributed by atoms with Crippen molar-refractivity contribution in [2.45, 2.75) is 6.92 Å². The third-order valence-corrected chi connectivity index (χ3v) is 4.34. The minimum absolute atomic E-state index is 0.0910. The normalized spacial score (nSPS) is 10.9. The fourth-order valence-electron chi connectivity index (χ4n) is 2.51. The van der Waals surface area contributed by atoms with Gasteiger partial charge in [-0.05, 0) is 25.1 Å². The molecule has 10 heteroatoms. The molecule has 142 valence electrons. The molecular weight excluding hydrogens is 421 g/mol. The maximum absolute atomic E-state index is 14.3. The highest BCUT2D eigenvalue weighted by Crippen LogP contribution is 2.32. The van der Waals surface area contributed by atoms with E-state index in [-0.39, 0.29) is 36.3 Å². The van der Waals surface area contributed by atoms with Crippen molar-refractivity contribution in [1.82, 2.24) is 14.8 Å². The molecule has 8 nitrogen and oxygen atoms in total. The number of aryl methyl sites for hydroxylation is 1. The first-order valence-electron chi connectivity index (χ1n) is 8.01. The van der Waals surface area contributed by atoms with Crippen LogP contribution in [0.3, 0.4) is 0 Å². The SMILES string of the molecule is Cc1c(Nc2ccc(Br)cc2F)c(-c2nnc(NCCO)o2)cn(C)c1=O. The number of benzene rings is 1. The smallest absolute Gasteiger partial charge is 0.315 e. The topological polar surface area (TPSA) is 105 Å². The predicted molar refractivity (Wildman–Crippen MR) is 103 cm³/mol. The van der Waals surface area contributed by atoms with Gasteiger partial charge in [-0.25, -0.2) is 4.39 Å². The van der Waals surface area contributed by atoms with Gasteiger partial charge >= 0.3 is 6.01 Å². The van der Waals surface area contributed by atoms with Crippen LogP contribution in [0.4, 0.5) is 21.8 Å². The fraction of sp³-hybridized carbons (Fsp3) is 0.235. The van der Waals surface area contributed by atoms with Gasteiger partial charge in [0.15, 0.2) is 0 Å². The summed E-state index contributed by atoms with van der Waals surface area (Å²) in [4.78, 5) is 12.4. The number of pyridine rings is 1. The molecule has 0 aliphatic rings. The maximum Gasteiger partial charge on any atom is 0.315 e. The summed E-state index contributed by atoms with van der Waals surface area (Å²) in [6, 6.07) is 4.70. The lowest BCUT2D eigenvalue weighted by atomic mass is 10.1. The molecule has 0 atom stereocenters. The molecule has 0 saturated heterocycles. The highest BCUT2D eigenvalue weighted by Gasteiger charge is 2.19. The Bertz CT molecular complexity index is 1030. The van der Waals surface area contributed by atoms with Crippen LogP contribution in [0, 0.1) is 12.7 Å². The molecule has 0 fully saturated rings. The summed E-state index contributed by atoms with van der Waals surface area (Å²) in [6.07, 6.45) is 1.54. The molecule has 3 rings (SSSR count). The van der Waals surface area contributed by atoms with E-state index in [2.05, 4.69) is 36.8 Å². The number of anilines is 3. The van der Waals surface area contributed by atoms with Gasteiger partial charge < -0.3 is 24.7 Å². The lowest BCUT2D eigenvalue weighted by Crippen LogP contribution is -2.21. The number of aromatic nitrogens is 3. The van der Waals surface area contributed by atoms with Crippen molar-refractivity contribution in [2.24, 2.45) is 7.05 Å². The Hall–Kier alpha value is -2.72. The summed E-state index contributed by atoms with van der Waals surface area (Å²) >= 11 is 3.21. The molecular formula is C17H17BrFN5O3. The first-order chi connectivity index (χ1) is 12.9. The number of hydrogen-bond donors (Lipinski definition) is 3. The van der Waals surface area contributed by atoms with E-state index >= 15 is 0 Å². The van der Waals surface area contributed by atoms with Crippen LogP contribution in [0.1, 0.15) is 5.56 Å². The number of aliphatic hydroxyl groups is 1. The van der Waals surface area contributed by atoms with Crippen LogP contribution in [0.2, 0.25) is 0 Å². The van der Waals surface area contributed by atoms with Crippen molar-refractivity contribution in [3.8, 4) is 11.5 Å². The van der Waals surface area contributed by atoms with Gasteiger partial charge in [-0.15, -0.1) is 5.10 Å². The fourth-order valence-corrected chi connectivity index (χ4v) is 2.84. The third-order valence-electron chi connectivity index (χ3n) is 3.84. The zero-order valence-corrected chi connectivity index (χ0v) is 16.2. The maximum atomic E-state index is 14.3. The molecule has 0 amide bonds. The van der Waals surface area contributed by atoms with Crippen molar-refractivity contribution in [3.63, 3.8) is 0 Å². The molecule has 2 heterocycles. The second-order valence-corrected chi connectivity index (χ2v) is 6.69. The number of rotatable bonds is 6. The van der Waals surface area contributed by atoms with Gasteiger partial charge in [0.2, 0.25) is 0 Å². The number of hydrogen-bond acceptors (Lipinski definition) is 7. The van der Waals surface area contributed by atoms with Gasteiger partial charge in [0, 0.05) is 29.8 Å². The number of halogens is 2. The van der Waals surface area contributed by atoms with E-state index in [1.54, 1.807) is 26.1 Å². The lowest BCUT2D eigenvalue weighted by Gasteiger charge is -2.15. The van der Waals surface area contributed by atoms with E-state index < -0.39 is 5.82 Å². The van der Waals surface area contributed by atoms with Crippen molar-refractivity contribution in [3.05, 3.63) is 50.6 Å². The Morgan fingerprint density at radius 1 is 1.37 bits per heavy atom. The van der Waals surface area contributed by atoms with Crippen LogP contribution in [-0.4, -0.2) is 33.0 Å². The van der Waals surface area contributed by atoms with Crippen LogP contribution < -0.4 is 16.2 Å². The Kier molecular flexibility index (Phi) is 5.57. The molecule has 0 radical (unpaired) electrons. The van der Waals surface area contributed by atoms with Gasteiger partial charge in [0.05, 0.1) is 23.5 Å². The van der Waals surface area contributed by atoms with Crippen LogP contribution in [-0.2, 0) is 7.05 Å². The van der Waals surface area contributed by atoms with Crippen LogP contribution in [0.25, 0.3) is 11.5 Å². The Labute approximate surface area is 162 Å². The molecule has 0 spiro atoms. The zero-order chi connectivity index (χ0) is 19.6. The molecule has 0 saturated carbocycles. The summed E-state index contributed by atoms with van der Waals surface area (Å²) in [5.74, 6) is -0.333. The monoisotopic (exact) mass is 437 g/mol. The van der Waals surface area contributed by atoms with Gasteiger partial charge in [-0.2, -0.15) is 0 Å². The molecule has 0 bridgehead atoms. The third kappa shape index (κ3) is 4.01. The van der Waals surface area contributed by atoms with Crippen molar-refractivity contribution in [2.75, 3.05) is 23.8 Å². The summed E-state index contributed by atoms with van der Waals surface area (Å²) in [5, 5.41) is 22.4. The Balaban J connectivity index is 2.08. The summed E-state index contributed by atoms with van der Waals surface area (Å²) < 4.78 is 21.8. The highest BCUT2D eigenvalue weighted by atomic mass is 79.9. The average Bonchev–Trinajstić information content (AvgIpc) is 3.10. The van der Waals surface area contributed by atoms with Crippen LogP contribution in [0.5, 0.6) is 0 Å². The standard InChI is InChI=1S/C17H17BrFN5O3/c1-9-14(21-13-4-3-10(18)7-12(13)19)11(8-24(2)16(9)26)15-22-23-17(27-15)20-5-6-25/h3-4,7-8,21,25H,5-6H2,1-2H3,(H,20,23). The Morgan fingerprint density at radius 2 is 2.15 bits per heavy atom. The number of aliphatic hydroxyl groups excluding tert-OH is 1. The highest BCUT2D eigenvalue weighted by molar-refractivity contribution is 9.10. The molecule has 27 heavy (non-hydrogen) atoms. The average molecular weight is 438 g/mol. The number of nitrogens with zero attached hydrogens (tertiary/aromatic N) is 3. The van der Waals surface area contributed by atoms with Crippen molar-refractivity contribution >= 4 is 33.3 Å². The zero-order valence-electron chi connectivity index (χ0n) is 14.6. The quantitative estimate of drug-likeness (QED) is 0.544. The summed E-state index contributed by atoms with van der Waals surface area (Å²) in [6.45, 7) is 1.79. The van der Waals surface area contributed by atoms with E-state index in [9.17, 15) is 9.18 Å². The second kappa shape index (κ2) is 7.89. The molecule has 1 aromatic carbocycles. The van der Waals surface area contributed by atoms with Crippen LogP contribution in [0.15, 0.2) is 38.1 Å².